The van der Waals surface area contributed by atoms with E-state index in [1.807, 2.05) is 32.0 Å². The number of hydrogen-bond acceptors (Lipinski definition) is 4. The molecule has 2 aromatic rings. The first kappa shape index (κ1) is 18.9. The highest BCUT2D eigenvalue weighted by Crippen LogP contribution is 2.31. The fourth-order valence-electron chi connectivity index (χ4n) is 2.80. The Morgan fingerprint density at radius 1 is 1.22 bits per heavy atom. The fourth-order valence-corrected chi connectivity index (χ4v) is 2.96. The van der Waals surface area contributed by atoms with Crippen LogP contribution in [0.2, 0.25) is 5.02 Å². The second kappa shape index (κ2) is 7.80. The molecule has 1 aliphatic rings. The van der Waals surface area contributed by atoms with Crippen molar-refractivity contribution in [3.8, 4) is 5.75 Å². The number of ether oxygens (including phenoxy) is 1. The smallest absolute Gasteiger partial charge is 0.271 e. The lowest BCUT2D eigenvalue weighted by atomic mass is 10.1. The first-order chi connectivity index (χ1) is 12.9. The summed E-state index contributed by atoms with van der Waals surface area (Å²) in [4.78, 5) is 25.0. The standard InChI is InChI=1S/C20H20ClN3O3/c1-12-5-4-6-14(9-12)24-19(25)8-7-16(23-24)20(26)22-17-10-13(2)15(21)11-18(17)27-3/h4-6,9-11H,7-8H2,1-3H3,(H,22,26). The summed E-state index contributed by atoms with van der Waals surface area (Å²) in [6.07, 6.45) is 0.499. The van der Waals surface area contributed by atoms with Gasteiger partial charge in [0.05, 0.1) is 18.5 Å². The van der Waals surface area contributed by atoms with Gasteiger partial charge < -0.3 is 10.1 Å². The Morgan fingerprint density at radius 3 is 2.70 bits per heavy atom. The highest BCUT2D eigenvalue weighted by atomic mass is 35.5. The lowest BCUT2D eigenvalue weighted by Crippen LogP contribution is -2.36. The minimum absolute atomic E-state index is 0.142. The van der Waals surface area contributed by atoms with E-state index in [2.05, 4.69) is 10.4 Å². The molecule has 0 fully saturated rings. The Balaban J connectivity index is 1.87. The number of anilines is 2. The van der Waals surface area contributed by atoms with Crippen molar-refractivity contribution in [2.24, 2.45) is 5.10 Å². The molecule has 2 aromatic carbocycles. The number of nitrogens with one attached hydrogen (secondary N) is 1. The number of rotatable bonds is 4. The van der Waals surface area contributed by atoms with Crippen molar-refractivity contribution in [3.63, 3.8) is 0 Å². The maximum atomic E-state index is 12.7. The molecule has 7 heteroatoms. The van der Waals surface area contributed by atoms with E-state index in [0.29, 0.717) is 22.1 Å². The Morgan fingerprint density at radius 2 is 2.00 bits per heavy atom. The third-order valence-corrected chi connectivity index (χ3v) is 4.68. The molecule has 140 valence electrons. The normalized spacial score (nSPS) is 14.0. The number of carbonyl (C=O) groups excluding carboxylic acids is 2. The summed E-state index contributed by atoms with van der Waals surface area (Å²) in [6, 6.07) is 10.8. The van der Waals surface area contributed by atoms with E-state index in [-0.39, 0.29) is 30.4 Å². The number of carbonyl (C=O) groups is 2. The molecule has 6 nitrogen and oxygen atoms in total. The average molecular weight is 386 g/mol. The fraction of sp³-hybridized carbons (Fsp3) is 0.250. The molecule has 27 heavy (non-hydrogen) atoms. The minimum atomic E-state index is -0.375. The van der Waals surface area contributed by atoms with Crippen LogP contribution in [0.5, 0.6) is 5.75 Å². The lowest BCUT2D eigenvalue weighted by Gasteiger charge is -2.23. The monoisotopic (exact) mass is 385 g/mol. The highest BCUT2D eigenvalue weighted by Gasteiger charge is 2.26. The van der Waals surface area contributed by atoms with Gasteiger partial charge in [0.2, 0.25) is 5.91 Å². The summed E-state index contributed by atoms with van der Waals surface area (Å²) in [7, 11) is 1.51. The molecule has 0 spiro atoms. The van der Waals surface area contributed by atoms with Gasteiger partial charge in [0.25, 0.3) is 5.91 Å². The number of hydrazone groups is 1. The number of nitrogens with zero attached hydrogens (tertiary/aromatic N) is 2. The van der Waals surface area contributed by atoms with Crippen LogP contribution in [0.3, 0.4) is 0 Å². The Kier molecular flexibility index (Phi) is 5.46. The van der Waals surface area contributed by atoms with Crippen molar-refractivity contribution >= 4 is 40.5 Å². The Hall–Kier alpha value is -2.86. The number of amides is 2. The van der Waals surface area contributed by atoms with Crippen molar-refractivity contribution in [1.29, 1.82) is 0 Å². The second-order valence-electron chi connectivity index (χ2n) is 6.35. The van der Waals surface area contributed by atoms with Crippen molar-refractivity contribution in [1.82, 2.24) is 0 Å². The van der Waals surface area contributed by atoms with Gasteiger partial charge in [-0.2, -0.15) is 5.10 Å². The average Bonchev–Trinajstić information content (AvgIpc) is 2.64. The maximum Gasteiger partial charge on any atom is 0.271 e. The molecule has 1 aliphatic heterocycles. The zero-order valence-electron chi connectivity index (χ0n) is 15.4. The summed E-state index contributed by atoms with van der Waals surface area (Å²) in [5, 5.41) is 8.93. The van der Waals surface area contributed by atoms with Gasteiger partial charge in [0.15, 0.2) is 0 Å². The Bertz CT molecular complexity index is 940. The second-order valence-corrected chi connectivity index (χ2v) is 6.75. The summed E-state index contributed by atoms with van der Waals surface area (Å²) >= 11 is 6.10. The van der Waals surface area contributed by atoms with E-state index >= 15 is 0 Å². The number of benzene rings is 2. The summed E-state index contributed by atoms with van der Waals surface area (Å²) in [5.41, 5.74) is 3.25. The molecule has 1 heterocycles. The van der Waals surface area contributed by atoms with Gasteiger partial charge in [-0.25, -0.2) is 5.01 Å². The summed E-state index contributed by atoms with van der Waals surface area (Å²) in [5.74, 6) is -0.0563. The van der Waals surface area contributed by atoms with Crippen LogP contribution in [0.1, 0.15) is 24.0 Å². The first-order valence-electron chi connectivity index (χ1n) is 8.51. The van der Waals surface area contributed by atoms with Gasteiger partial charge in [-0.05, 0) is 43.2 Å². The molecular formula is C20H20ClN3O3. The topological polar surface area (TPSA) is 71.0 Å². The summed E-state index contributed by atoms with van der Waals surface area (Å²) < 4.78 is 5.29. The van der Waals surface area contributed by atoms with Crippen LogP contribution in [0.4, 0.5) is 11.4 Å². The van der Waals surface area contributed by atoms with Gasteiger partial charge in [0, 0.05) is 23.9 Å². The Labute approximate surface area is 162 Å². The third-order valence-electron chi connectivity index (χ3n) is 4.27. The predicted octanol–water partition coefficient (Wildman–Crippen LogP) is 4.09. The van der Waals surface area contributed by atoms with E-state index in [9.17, 15) is 9.59 Å². The van der Waals surface area contributed by atoms with Crippen LogP contribution >= 0.6 is 11.6 Å². The molecule has 3 rings (SSSR count). The van der Waals surface area contributed by atoms with Crippen LogP contribution in [-0.2, 0) is 9.59 Å². The molecule has 2 amide bonds. The highest BCUT2D eigenvalue weighted by molar-refractivity contribution is 6.44. The lowest BCUT2D eigenvalue weighted by molar-refractivity contribution is -0.118. The van der Waals surface area contributed by atoms with Gasteiger partial charge in [-0.1, -0.05) is 23.7 Å². The molecule has 0 bridgehead atoms. The molecule has 0 aliphatic carbocycles. The largest absolute Gasteiger partial charge is 0.495 e. The van der Waals surface area contributed by atoms with Crippen LogP contribution in [0.15, 0.2) is 41.5 Å². The quantitative estimate of drug-likeness (QED) is 0.861. The molecular weight excluding hydrogens is 366 g/mol. The first-order valence-corrected chi connectivity index (χ1v) is 8.89. The van der Waals surface area contributed by atoms with E-state index in [0.717, 1.165) is 11.1 Å². The number of halogens is 1. The molecule has 0 atom stereocenters. The minimum Gasteiger partial charge on any atom is -0.495 e. The number of methoxy groups -OCH3 is 1. The molecule has 0 saturated carbocycles. The molecule has 1 N–H and O–H groups in total. The zero-order chi connectivity index (χ0) is 19.6. The molecule has 0 radical (unpaired) electrons. The van der Waals surface area contributed by atoms with Crippen LogP contribution in [0, 0.1) is 13.8 Å². The van der Waals surface area contributed by atoms with Crippen molar-refractivity contribution in [2.45, 2.75) is 26.7 Å². The number of hydrogen-bond donors (Lipinski definition) is 1. The van der Waals surface area contributed by atoms with E-state index in [1.54, 1.807) is 18.2 Å². The van der Waals surface area contributed by atoms with Crippen molar-refractivity contribution < 1.29 is 14.3 Å². The van der Waals surface area contributed by atoms with E-state index in [4.69, 9.17) is 16.3 Å². The molecule has 0 saturated heterocycles. The zero-order valence-corrected chi connectivity index (χ0v) is 16.1. The SMILES string of the molecule is COc1cc(Cl)c(C)cc1NC(=O)C1=NN(c2cccc(C)c2)C(=O)CC1. The molecule has 0 unspecified atom stereocenters. The van der Waals surface area contributed by atoms with Gasteiger partial charge >= 0.3 is 0 Å². The third kappa shape index (κ3) is 4.11. The number of aryl methyl sites for hydroxylation is 2. The van der Waals surface area contributed by atoms with Gasteiger partial charge in [0.1, 0.15) is 11.5 Å². The van der Waals surface area contributed by atoms with Crippen LogP contribution < -0.4 is 15.1 Å². The van der Waals surface area contributed by atoms with Crippen LogP contribution in [-0.4, -0.2) is 24.6 Å². The van der Waals surface area contributed by atoms with E-state index < -0.39 is 0 Å². The molecule has 0 aromatic heterocycles. The summed E-state index contributed by atoms with van der Waals surface area (Å²) in [6.45, 7) is 3.78. The van der Waals surface area contributed by atoms with Crippen molar-refractivity contribution in [2.75, 3.05) is 17.4 Å². The van der Waals surface area contributed by atoms with Crippen molar-refractivity contribution in [3.05, 3.63) is 52.5 Å². The maximum absolute atomic E-state index is 12.7. The predicted molar refractivity (Wildman–Crippen MR) is 107 cm³/mol. The van der Waals surface area contributed by atoms with Gasteiger partial charge in [-0.3, -0.25) is 9.59 Å². The van der Waals surface area contributed by atoms with E-state index in [1.165, 1.54) is 12.1 Å². The van der Waals surface area contributed by atoms with Gasteiger partial charge in [-0.15, -0.1) is 0 Å². The van der Waals surface area contributed by atoms with Crippen LogP contribution in [0.25, 0.3) is 0 Å².